The molecule has 0 radical (unpaired) electrons. The van der Waals surface area contributed by atoms with E-state index in [4.69, 9.17) is 20.8 Å². The SMILES string of the molecule is CS(=O)(=O)O.N=C(N)NC(=O)c1cccc(-c2ccsc2S(N)(=O)=O)c1. The van der Waals surface area contributed by atoms with Crippen molar-refractivity contribution in [1.82, 2.24) is 5.32 Å². The first-order valence-electron chi connectivity index (χ1n) is 6.57. The third kappa shape index (κ3) is 7.28. The Morgan fingerprint density at radius 1 is 1.23 bits per heavy atom. The molecule has 1 aromatic carbocycles. The van der Waals surface area contributed by atoms with Gasteiger partial charge in [-0.05, 0) is 29.1 Å². The highest BCUT2D eigenvalue weighted by Crippen LogP contribution is 2.31. The van der Waals surface area contributed by atoms with Crippen LogP contribution in [0.15, 0.2) is 39.9 Å². The number of sulfonamides is 1. The number of primary sulfonamides is 1. The van der Waals surface area contributed by atoms with Gasteiger partial charge in [-0.2, -0.15) is 8.42 Å². The van der Waals surface area contributed by atoms with E-state index in [1.165, 1.54) is 12.1 Å². The average Bonchev–Trinajstić information content (AvgIpc) is 2.94. The van der Waals surface area contributed by atoms with Gasteiger partial charge < -0.3 is 5.73 Å². The Hall–Kier alpha value is -2.32. The van der Waals surface area contributed by atoms with Crippen LogP contribution in [0.25, 0.3) is 11.1 Å². The van der Waals surface area contributed by atoms with Gasteiger partial charge >= 0.3 is 0 Å². The number of rotatable bonds is 3. The Morgan fingerprint density at radius 3 is 2.31 bits per heavy atom. The smallest absolute Gasteiger partial charge is 0.261 e. The molecule has 0 saturated carbocycles. The van der Waals surface area contributed by atoms with Crippen LogP contribution in [-0.2, 0) is 20.1 Å². The van der Waals surface area contributed by atoms with Crippen molar-refractivity contribution in [2.45, 2.75) is 4.21 Å². The molecule has 0 spiro atoms. The highest BCUT2D eigenvalue weighted by atomic mass is 32.2. The lowest BCUT2D eigenvalue weighted by Crippen LogP contribution is -2.35. The van der Waals surface area contributed by atoms with E-state index in [-0.39, 0.29) is 9.77 Å². The van der Waals surface area contributed by atoms with Crippen LogP contribution in [-0.4, -0.2) is 39.5 Å². The second-order valence-electron chi connectivity index (χ2n) is 4.85. The minimum Gasteiger partial charge on any atom is -0.370 e. The van der Waals surface area contributed by atoms with Gasteiger partial charge in [0.2, 0.25) is 10.0 Å². The van der Waals surface area contributed by atoms with Crippen LogP contribution in [0.3, 0.4) is 0 Å². The number of benzene rings is 1. The van der Waals surface area contributed by atoms with Crippen molar-refractivity contribution in [1.29, 1.82) is 5.41 Å². The van der Waals surface area contributed by atoms with Gasteiger partial charge in [0.05, 0.1) is 6.26 Å². The number of nitrogens with one attached hydrogen (secondary N) is 2. The number of guanidine groups is 1. The molecule has 10 nitrogen and oxygen atoms in total. The zero-order valence-electron chi connectivity index (χ0n) is 13.3. The molecule has 7 N–H and O–H groups in total. The first kappa shape index (κ1) is 21.7. The fourth-order valence-electron chi connectivity index (χ4n) is 1.75. The van der Waals surface area contributed by atoms with E-state index in [0.29, 0.717) is 17.4 Å². The van der Waals surface area contributed by atoms with Crippen molar-refractivity contribution in [3.05, 3.63) is 41.3 Å². The van der Waals surface area contributed by atoms with Crippen LogP contribution in [0.2, 0.25) is 0 Å². The number of hydrogen-bond acceptors (Lipinski definition) is 7. The Bertz CT molecular complexity index is 1020. The second-order valence-corrected chi connectivity index (χ2v) is 8.99. The van der Waals surface area contributed by atoms with Crippen molar-refractivity contribution < 1.29 is 26.2 Å². The van der Waals surface area contributed by atoms with E-state index < -0.39 is 32.0 Å². The highest BCUT2D eigenvalue weighted by Gasteiger charge is 2.17. The van der Waals surface area contributed by atoms with Gasteiger partial charge in [0.15, 0.2) is 5.96 Å². The number of thiophene rings is 1. The summed E-state index contributed by atoms with van der Waals surface area (Å²) in [6.07, 6.45) is 0.715. The Morgan fingerprint density at radius 2 is 1.81 bits per heavy atom. The average molecular weight is 420 g/mol. The first-order chi connectivity index (χ1) is 11.8. The van der Waals surface area contributed by atoms with E-state index in [1.807, 2.05) is 0 Å². The molecule has 1 amide bonds. The lowest BCUT2D eigenvalue weighted by atomic mass is 10.1. The summed E-state index contributed by atoms with van der Waals surface area (Å²) < 4.78 is 48.9. The van der Waals surface area contributed by atoms with Gasteiger partial charge in [-0.3, -0.25) is 20.1 Å². The summed E-state index contributed by atoms with van der Waals surface area (Å²) in [5.41, 5.74) is 6.33. The van der Waals surface area contributed by atoms with Gasteiger partial charge in [0.25, 0.3) is 16.0 Å². The molecule has 0 aliphatic rings. The number of amides is 1. The lowest BCUT2D eigenvalue weighted by Gasteiger charge is -2.06. The second kappa shape index (κ2) is 8.37. The van der Waals surface area contributed by atoms with Crippen molar-refractivity contribution in [2.24, 2.45) is 10.9 Å². The van der Waals surface area contributed by atoms with Crippen LogP contribution in [0.1, 0.15) is 10.4 Å². The Kier molecular flexibility index (Phi) is 7.00. The van der Waals surface area contributed by atoms with E-state index in [1.54, 1.807) is 23.6 Å². The van der Waals surface area contributed by atoms with E-state index in [2.05, 4.69) is 5.32 Å². The monoisotopic (exact) mass is 420 g/mol. The third-order valence-electron chi connectivity index (χ3n) is 2.57. The summed E-state index contributed by atoms with van der Waals surface area (Å²) in [6.45, 7) is 0. The van der Waals surface area contributed by atoms with E-state index in [9.17, 15) is 21.6 Å². The van der Waals surface area contributed by atoms with Crippen molar-refractivity contribution in [2.75, 3.05) is 6.26 Å². The molecular formula is C13H16N4O6S3. The van der Waals surface area contributed by atoms with Gasteiger partial charge in [-0.1, -0.05) is 12.1 Å². The van der Waals surface area contributed by atoms with Crippen molar-refractivity contribution in [3.8, 4) is 11.1 Å². The summed E-state index contributed by atoms with van der Waals surface area (Å²) in [5.74, 6) is -1.01. The molecule has 1 heterocycles. The maximum absolute atomic E-state index is 11.8. The molecule has 0 aliphatic heterocycles. The molecule has 2 rings (SSSR count). The van der Waals surface area contributed by atoms with Crippen molar-refractivity contribution in [3.63, 3.8) is 0 Å². The molecule has 0 fully saturated rings. The third-order valence-corrected chi connectivity index (χ3v) is 5.00. The van der Waals surface area contributed by atoms with E-state index >= 15 is 0 Å². The largest absolute Gasteiger partial charge is 0.370 e. The molecule has 0 bridgehead atoms. The van der Waals surface area contributed by atoms with Crippen LogP contribution >= 0.6 is 11.3 Å². The Labute approximate surface area is 154 Å². The summed E-state index contributed by atoms with van der Waals surface area (Å²) in [6, 6.07) is 7.93. The number of carbonyl (C=O) groups excluding carboxylic acids is 1. The lowest BCUT2D eigenvalue weighted by molar-refractivity contribution is 0.0976. The fourth-order valence-corrected chi connectivity index (χ4v) is 3.59. The standard InChI is InChI=1S/C12H12N4O3S2.CH4O3S/c13-12(14)16-10(17)8-3-1-2-7(6-8)9-4-5-20-11(9)21(15,18)19;1-5(2,3)4/h1-6H,(H2,15,18,19)(H4,13,14,16,17);1H3,(H,2,3,4). The summed E-state index contributed by atoms with van der Waals surface area (Å²) >= 11 is 1.01. The minimum atomic E-state index is -3.83. The van der Waals surface area contributed by atoms with Crippen LogP contribution in [0.4, 0.5) is 0 Å². The quantitative estimate of drug-likeness (QED) is 0.265. The van der Waals surface area contributed by atoms with Crippen LogP contribution in [0.5, 0.6) is 0 Å². The maximum atomic E-state index is 11.8. The van der Waals surface area contributed by atoms with Crippen LogP contribution < -0.4 is 16.2 Å². The molecule has 26 heavy (non-hydrogen) atoms. The zero-order valence-corrected chi connectivity index (χ0v) is 15.8. The molecule has 142 valence electrons. The summed E-state index contributed by atoms with van der Waals surface area (Å²) in [7, 11) is -7.49. The van der Waals surface area contributed by atoms with Gasteiger partial charge in [0, 0.05) is 11.1 Å². The molecule has 13 heteroatoms. The molecule has 0 saturated heterocycles. The fraction of sp³-hybridized carbons (Fsp3) is 0.0769. The highest BCUT2D eigenvalue weighted by molar-refractivity contribution is 7.91. The van der Waals surface area contributed by atoms with Gasteiger partial charge in [-0.15, -0.1) is 11.3 Å². The predicted octanol–water partition coefficient (Wildman–Crippen LogP) is 0.190. The molecular weight excluding hydrogens is 404 g/mol. The van der Waals surface area contributed by atoms with Gasteiger partial charge in [-0.25, -0.2) is 13.6 Å². The zero-order chi connectivity index (χ0) is 20.1. The molecule has 2 aromatic rings. The molecule has 1 aromatic heterocycles. The Balaban J connectivity index is 0.000000597. The normalized spacial score (nSPS) is 11.2. The van der Waals surface area contributed by atoms with Crippen molar-refractivity contribution >= 4 is 43.3 Å². The number of hydrogen-bond donors (Lipinski definition) is 5. The number of nitrogens with two attached hydrogens (primary N) is 2. The summed E-state index contributed by atoms with van der Waals surface area (Å²) in [5, 5.41) is 16.0. The topological polar surface area (TPSA) is 194 Å². The first-order valence-corrected chi connectivity index (χ1v) is 10.8. The number of carbonyl (C=O) groups is 1. The molecule has 0 aliphatic carbocycles. The van der Waals surface area contributed by atoms with Gasteiger partial charge in [0.1, 0.15) is 4.21 Å². The van der Waals surface area contributed by atoms with E-state index in [0.717, 1.165) is 11.3 Å². The van der Waals surface area contributed by atoms with Crippen LogP contribution in [0, 0.1) is 5.41 Å². The maximum Gasteiger partial charge on any atom is 0.261 e. The predicted molar refractivity (Wildman–Crippen MR) is 98.0 cm³/mol. The summed E-state index contributed by atoms with van der Waals surface area (Å²) in [4.78, 5) is 11.8. The molecule has 0 atom stereocenters. The molecule has 0 unspecified atom stereocenters. The minimum absolute atomic E-state index is 0.0339.